The molecule has 1 amide bonds. The summed E-state index contributed by atoms with van der Waals surface area (Å²) in [6.07, 6.45) is -0.851. The maximum Gasteiger partial charge on any atom is 0.416 e. The average molecular weight is 319 g/mol. The van der Waals surface area contributed by atoms with Crippen LogP contribution in [0.15, 0.2) is 48.8 Å². The zero-order valence-electron chi connectivity index (χ0n) is 12.1. The molecule has 0 atom stereocenters. The molecule has 23 heavy (non-hydrogen) atoms. The monoisotopic (exact) mass is 319 g/mol. The molecule has 0 unspecified atom stereocenters. The van der Waals surface area contributed by atoms with Crippen LogP contribution < -0.4 is 5.32 Å². The largest absolute Gasteiger partial charge is 0.416 e. The van der Waals surface area contributed by atoms with E-state index in [4.69, 9.17) is 0 Å². The summed E-state index contributed by atoms with van der Waals surface area (Å²) in [5.74, 6) is -0.430. The lowest BCUT2D eigenvalue weighted by atomic mass is 10.2. The van der Waals surface area contributed by atoms with Gasteiger partial charge in [-0.3, -0.25) is 4.79 Å². The Labute approximate surface area is 129 Å². The van der Waals surface area contributed by atoms with Crippen LogP contribution in [0, 0.1) is 6.92 Å². The lowest BCUT2D eigenvalue weighted by Gasteiger charge is -2.09. The minimum Gasteiger partial charge on any atom is -0.322 e. The van der Waals surface area contributed by atoms with Crippen molar-refractivity contribution in [1.82, 2.24) is 9.38 Å². The molecule has 0 aliphatic heterocycles. The first-order chi connectivity index (χ1) is 10.8. The summed E-state index contributed by atoms with van der Waals surface area (Å²) in [6.45, 7) is 1.81. The van der Waals surface area contributed by atoms with Gasteiger partial charge in [-0.15, -0.1) is 0 Å². The van der Waals surface area contributed by atoms with Crippen LogP contribution in [-0.2, 0) is 6.18 Å². The highest BCUT2D eigenvalue weighted by Gasteiger charge is 2.30. The Morgan fingerprint density at radius 2 is 1.87 bits per heavy atom. The maximum atomic E-state index is 12.5. The highest BCUT2D eigenvalue weighted by atomic mass is 19.4. The molecule has 2 aromatic heterocycles. The number of benzene rings is 1. The van der Waals surface area contributed by atoms with Gasteiger partial charge in [0, 0.05) is 18.1 Å². The Balaban J connectivity index is 1.86. The summed E-state index contributed by atoms with van der Waals surface area (Å²) in [5.41, 5.74) is 1.13. The van der Waals surface area contributed by atoms with Gasteiger partial charge in [0.05, 0.1) is 16.8 Å². The van der Waals surface area contributed by atoms with Gasteiger partial charge in [0.2, 0.25) is 0 Å². The van der Waals surface area contributed by atoms with Crippen molar-refractivity contribution < 1.29 is 18.0 Å². The van der Waals surface area contributed by atoms with E-state index in [0.717, 1.165) is 17.8 Å². The van der Waals surface area contributed by atoms with Crippen molar-refractivity contribution >= 4 is 17.2 Å². The van der Waals surface area contributed by atoms with Crippen LogP contribution in [-0.4, -0.2) is 15.3 Å². The van der Waals surface area contributed by atoms with Crippen molar-refractivity contribution in [3.63, 3.8) is 0 Å². The normalized spacial score (nSPS) is 11.7. The third-order valence-corrected chi connectivity index (χ3v) is 3.32. The zero-order valence-corrected chi connectivity index (χ0v) is 12.1. The molecule has 0 spiro atoms. The van der Waals surface area contributed by atoms with E-state index in [1.165, 1.54) is 12.1 Å². The molecule has 118 valence electrons. The van der Waals surface area contributed by atoms with Crippen LogP contribution in [0.5, 0.6) is 0 Å². The minimum absolute atomic E-state index is 0.285. The third kappa shape index (κ3) is 3.03. The second-order valence-corrected chi connectivity index (χ2v) is 5.06. The van der Waals surface area contributed by atoms with Crippen molar-refractivity contribution in [1.29, 1.82) is 0 Å². The molecule has 3 rings (SSSR count). The van der Waals surface area contributed by atoms with Crippen LogP contribution in [0.3, 0.4) is 0 Å². The predicted octanol–water partition coefficient (Wildman–Crippen LogP) is 3.91. The molecule has 2 heterocycles. The Bertz CT molecular complexity index is 866. The van der Waals surface area contributed by atoms with E-state index in [-0.39, 0.29) is 5.69 Å². The van der Waals surface area contributed by atoms with E-state index in [1.54, 1.807) is 28.9 Å². The van der Waals surface area contributed by atoms with Gasteiger partial charge in [-0.25, -0.2) is 4.98 Å². The van der Waals surface area contributed by atoms with Crippen molar-refractivity contribution in [2.24, 2.45) is 0 Å². The maximum absolute atomic E-state index is 12.5. The number of amides is 1. The molecule has 0 fully saturated rings. The number of carbonyl (C=O) groups is 1. The molecule has 1 aromatic carbocycles. The van der Waals surface area contributed by atoms with Gasteiger partial charge in [-0.1, -0.05) is 0 Å². The summed E-state index contributed by atoms with van der Waals surface area (Å²) < 4.78 is 39.3. The molecule has 1 N–H and O–H groups in total. The number of imidazole rings is 1. The lowest BCUT2D eigenvalue weighted by Crippen LogP contribution is -2.13. The SMILES string of the molecule is Cc1cn2cccc(C(=O)Nc3ccc(C(F)(F)F)cc3)c2n1. The lowest BCUT2D eigenvalue weighted by molar-refractivity contribution is -0.137. The molecule has 0 bridgehead atoms. The minimum atomic E-state index is -4.40. The number of pyridine rings is 1. The molecular formula is C16H12F3N3O. The molecule has 7 heteroatoms. The number of nitrogens with one attached hydrogen (secondary N) is 1. The molecular weight excluding hydrogens is 307 g/mol. The summed E-state index contributed by atoms with van der Waals surface area (Å²) in [7, 11) is 0. The van der Waals surface area contributed by atoms with Crippen molar-refractivity contribution in [3.05, 3.63) is 65.6 Å². The van der Waals surface area contributed by atoms with Crippen LogP contribution in [0.1, 0.15) is 21.6 Å². The Morgan fingerprint density at radius 1 is 1.17 bits per heavy atom. The van der Waals surface area contributed by atoms with Gasteiger partial charge in [0.25, 0.3) is 5.91 Å². The van der Waals surface area contributed by atoms with Gasteiger partial charge in [-0.05, 0) is 43.3 Å². The fourth-order valence-electron chi connectivity index (χ4n) is 2.25. The van der Waals surface area contributed by atoms with E-state index in [0.29, 0.717) is 11.2 Å². The Kier molecular flexibility index (Phi) is 3.55. The number of carbonyl (C=O) groups excluding carboxylic acids is 1. The second-order valence-electron chi connectivity index (χ2n) is 5.06. The highest BCUT2D eigenvalue weighted by Crippen LogP contribution is 2.29. The Morgan fingerprint density at radius 3 is 2.52 bits per heavy atom. The van der Waals surface area contributed by atoms with Crippen molar-refractivity contribution in [2.45, 2.75) is 13.1 Å². The number of aryl methyl sites for hydroxylation is 1. The summed E-state index contributed by atoms with van der Waals surface area (Å²) in [4.78, 5) is 16.6. The molecule has 0 aliphatic carbocycles. The summed E-state index contributed by atoms with van der Waals surface area (Å²) >= 11 is 0. The van der Waals surface area contributed by atoms with Gasteiger partial charge in [0.1, 0.15) is 5.65 Å². The standard InChI is InChI=1S/C16H12F3N3O/c1-10-9-22-8-2-3-13(14(22)20-10)15(23)21-12-6-4-11(5-7-12)16(17,18)19/h2-9H,1H3,(H,21,23). The van der Waals surface area contributed by atoms with Crippen LogP contribution in [0.4, 0.5) is 18.9 Å². The van der Waals surface area contributed by atoms with Gasteiger partial charge >= 0.3 is 6.18 Å². The molecule has 0 aliphatic rings. The van der Waals surface area contributed by atoms with Crippen LogP contribution in [0.2, 0.25) is 0 Å². The highest BCUT2D eigenvalue weighted by molar-refractivity contribution is 6.08. The summed E-state index contributed by atoms with van der Waals surface area (Å²) in [5, 5.41) is 2.58. The van der Waals surface area contributed by atoms with Crippen LogP contribution >= 0.6 is 0 Å². The van der Waals surface area contributed by atoms with E-state index in [2.05, 4.69) is 10.3 Å². The van der Waals surface area contributed by atoms with Crippen molar-refractivity contribution in [2.75, 3.05) is 5.32 Å². The number of anilines is 1. The van der Waals surface area contributed by atoms with E-state index in [9.17, 15) is 18.0 Å². The number of halogens is 3. The molecule has 3 aromatic rings. The molecule has 0 radical (unpaired) electrons. The van der Waals surface area contributed by atoms with Crippen molar-refractivity contribution in [3.8, 4) is 0 Å². The van der Waals surface area contributed by atoms with E-state index in [1.807, 2.05) is 6.92 Å². The zero-order chi connectivity index (χ0) is 16.6. The first-order valence-corrected chi connectivity index (χ1v) is 6.77. The van der Waals surface area contributed by atoms with Crippen LogP contribution in [0.25, 0.3) is 5.65 Å². The fourth-order valence-corrected chi connectivity index (χ4v) is 2.25. The molecule has 4 nitrogen and oxygen atoms in total. The average Bonchev–Trinajstić information content (AvgIpc) is 2.86. The van der Waals surface area contributed by atoms with Gasteiger partial charge < -0.3 is 9.72 Å². The number of aromatic nitrogens is 2. The number of hydrogen-bond acceptors (Lipinski definition) is 2. The Hall–Kier alpha value is -2.83. The molecule has 0 saturated heterocycles. The second kappa shape index (κ2) is 5.42. The number of alkyl halides is 3. The topological polar surface area (TPSA) is 46.4 Å². The number of fused-ring (bicyclic) bond motifs is 1. The first-order valence-electron chi connectivity index (χ1n) is 6.77. The van der Waals surface area contributed by atoms with Gasteiger partial charge in [0.15, 0.2) is 0 Å². The number of hydrogen-bond donors (Lipinski definition) is 1. The van der Waals surface area contributed by atoms with E-state index >= 15 is 0 Å². The number of rotatable bonds is 2. The predicted molar refractivity (Wildman–Crippen MR) is 79.3 cm³/mol. The summed E-state index contributed by atoms with van der Waals surface area (Å²) in [6, 6.07) is 7.61. The number of nitrogens with zero attached hydrogens (tertiary/aromatic N) is 2. The fraction of sp³-hybridized carbons (Fsp3) is 0.125. The third-order valence-electron chi connectivity index (χ3n) is 3.32. The quantitative estimate of drug-likeness (QED) is 0.778. The van der Waals surface area contributed by atoms with Gasteiger partial charge in [-0.2, -0.15) is 13.2 Å². The first kappa shape index (κ1) is 15.1. The smallest absolute Gasteiger partial charge is 0.322 e. The van der Waals surface area contributed by atoms with E-state index < -0.39 is 17.6 Å². The molecule has 0 saturated carbocycles.